The zero-order chi connectivity index (χ0) is 10.0. The molecule has 0 spiro atoms. The molecule has 0 amide bonds. The largest absolute Gasteiger partial charge is 0.479 e. The van der Waals surface area contributed by atoms with Crippen LogP contribution in [0.2, 0.25) is 10.0 Å². The number of carboxylic acids is 1. The predicted molar refractivity (Wildman–Crippen MR) is 49.1 cm³/mol. The summed E-state index contributed by atoms with van der Waals surface area (Å²) in [7, 11) is 0. The summed E-state index contributed by atoms with van der Waals surface area (Å²) in [6.45, 7) is 0. The minimum absolute atomic E-state index is 0.210. The molecule has 0 aliphatic rings. The summed E-state index contributed by atoms with van der Waals surface area (Å²) in [5.41, 5.74) is 0.210. The normalized spacial score (nSPS) is 12.5. The molecule has 0 fully saturated rings. The van der Waals surface area contributed by atoms with E-state index in [1.165, 1.54) is 18.2 Å². The van der Waals surface area contributed by atoms with E-state index in [-0.39, 0.29) is 10.6 Å². The Balaban J connectivity index is 3.03. The average Bonchev–Trinajstić information content (AvgIpc) is 2.08. The van der Waals surface area contributed by atoms with Crippen LogP contribution in [0, 0.1) is 0 Å². The van der Waals surface area contributed by atoms with E-state index in [2.05, 4.69) is 0 Å². The second-order valence-corrected chi connectivity index (χ2v) is 3.23. The molecule has 1 aromatic carbocycles. The van der Waals surface area contributed by atoms with Gasteiger partial charge < -0.3 is 10.2 Å². The van der Waals surface area contributed by atoms with E-state index in [1.807, 2.05) is 0 Å². The summed E-state index contributed by atoms with van der Waals surface area (Å²) in [6, 6.07) is 4.17. The van der Waals surface area contributed by atoms with Crippen LogP contribution < -0.4 is 0 Å². The number of rotatable bonds is 2. The molecule has 1 rings (SSSR count). The molecule has 0 aliphatic carbocycles. The lowest BCUT2D eigenvalue weighted by Gasteiger charge is -2.06. The number of aliphatic hydroxyl groups excluding tert-OH is 1. The molecule has 0 bridgehead atoms. The second kappa shape index (κ2) is 3.96. The topological polar surface area (TPSA) is 57.5 Å². The Hall–Kier alpha value is -0.770. The number of aliphatic hydroxyl groups is 1. The summed E-state index contributed by atoms with van der Waals surface area (Å²) < 4.78 is 0. The highest BCUT2D eigenvalue weighted by atomic mass is 35.5. The third kappa shape index (κ3) is 2.34. The van der Waals surface area contributed by atoms with Gasteiger partial charge in [-0.25, -0.2) is 4.79 Å². The number of carboxylic acid groups (broad SMARTS) is 1. The Morgan fingerprint density at radius 1 is 1.31 bits per heavy atom. The van der Waals surface area contributed by atoms with Gasteiger partial charge in [0.2, 0.25) is 0 Å². The van der Waals surface area contributed by atoms with E-state index in [0.29, 0.717) is 5.02 Å². The fourth-order valence-electron chi connectivity index (χ4n) is 0.825. The van der Waals surface area contributed by atoms with Gasteiger partial charge in [0, 0.05) is 0 Å². The van der Waals surface area contributed by atoms with E-state index in [0.717, 1.165) is 0 Å². The van der Waals surface area contributed by atoms with E-state index >= 15 is 0 Å². The lowest BCUT2D eigenvalue weighted by atomic mass is 10.1. The van der Waals surface area contributed by atoms with Crippen LogP contribution in [0.4, 0.5) is 0 Å². The van der Waals surface area contributed by atoms with Crippen LogP contribution in [0.1, 0.15) is 11.7 Å². The van der Waals surface area contributed by atoms with Crippen molar-refractivity contribution in [3.8, 4) is 0 Å². The second-order valence-electron chi connectivity index (χ2n) is 2.41. The van der Waals surface area contributed by atoms with Crippen molar-refractivity contribution in [3.05, 3.63) is 33.8 Å². The molecule has 0 aromatic heterocycles. The Morgan fingerprint density at radius 2 is 1.92 bits per heavy atom. The van der Waals surface area contributed by atoms with E-state index in [4.69, 9.17) is 33.4 Å². The highest BCUT2D eigenvalue weighted by Gasteiger charge is 2.16. The SMILES string of the molecule is O=C(O)[C@@H](O)c1ccc(Cl)c(Cl)c1. The number of benzene rings is 1. The van der Waals surface area contributed by atoms with Crippen molar-refractivity contribution in [3.63, 3.8) is 0 Å². The Bertz CT molecular complexity index is 338. The molecule has 1 aromatic rings. The number of hydrogen-bond acceptors (Lipinski definition) is 2. The molecule has 5 heteroatoms. The fourth-order valence-corrected chi connectivity index (χ4v) is 1.13. The number of aliphatic carboxylic acids is 1. The van der Waals surface area contributed by atoms with Gasteiger partial charge in [0.25, 0.3) is 0 Å². The van der Waals surface area contributed by atoms with Gasteiger partial charge in [-0.05, 0) is 17.7 Å². The minimum Gasteiger partial charge on any atom is -0.479 e. The van der Waals surface area contributed by atoms with Gasteiger partial charge in [-0.3, -0.25) is 0 Å². The number of hydrogen-bond donors (Lipinski definition) is 2. The van der Waals surface area contributed by atoms with Crippen molar-refractivity contribution in [2.75, 3.05) is 0 Å². The molecule has 0 saturated heterocycles. The molecule has 0 radical (unpaired) electrons. The number of halogens is 2. The van der Waals surface area contributed by atoms with Gasteiger partial charge in [0.15, 0.2) is 6.10 Å². The van der Waals surface area contributed by atoms with Crippen molar-refractivity contribution in [1.82, 2.24) is 0 Å². The lowest BCUT2D eigenvalue weighted by Crippen LogP contribution is -2.10. The van der Waals surface area contributed by atoms with Crippen LogP contribution in [0.5, 0.6) is 0 Å². The lowest BCUT2D eigenvalue weighted by molar-refractivity contribution is -0.146. The molecular weight excluding hydrogens is 215 g/mol. The van der Waals surface area contributed by atoms with Crippen molar-refractivity contribution < 1.29 is 15.0 Å². The monoisotopic (exact) mass is 220 g/mol. The highest BCUT2D eigenvalue weighted by molar-refractivity contribution is 6.42. The zero-order valence-corrected chi connectivity index (χ0v) is 7.88. The predicted octanol–water partition coefficient (Wildman–Crippen LogP) is 2.11. The van der Waals surface area contributed by atoms with Gasteiger partial charge >= 0.3 is 5.97 Å². The van der Waals surface area contributed by atoms with Crippen LogP contribution >= 0.6 is 23.2 Å². The Kier molecular flexibility index (Phi) is 3.14. The summed E-state index contributed by atoms with van der Waals surface area (Å²) in [5.74, 6) is -1.32. The van der Waals surface area contributed by atoms with Crippen LogP contribution in [0.15, 0.2) is 18.2 Å². The van der Waals surface area contributed by atoms with E-state index in [9.17, 15) is 4.79 Å². The Morgan fingerprint density at radius 3 is 2.38 bits per heavy atom. The Labute approximate surface area is 84.5 Å². The van der Waals surface area contributed by atoms with Crippen LogP contribution in [-0.4, -0.2) is 16.2 Å². The van der Waals surface area contributed by atoms with Crippen molar-refractivity contribution in [2.45, 2.75) is 6.10 Å². The molecular formula is C8H6Cl2O3. The molecule has 13 heavy (non-hydrogen) atoms. The maximum Gasteiger partial charge on any atom is 0.337 e. The maximum atomic E-state index is 10.4. The van der Waals surface area contributed by atoms with Gasteiger partial charge in [0.1, 0.15) is 0 Å². The van der Waals surface area contributed by atoms with Gasteiger partial charge in [0.05, 0.1) is 10.0 Å². The highest BCUT2D eigenvalue weighted by Crippen LogP contribution is 2.25. The summed E-state index contributed by atoms with van der Waals surface area (Å²) in [4.78, 5) is 10.4. The molecule has 0 saturated carbocycles. The summed E-state index contributed by atoms with van der Waals surface area (Å²) in [6.07, 6.45) is -1.56. The fraction of sp³-hybridized carbons (Fsp3) is 0.125. The van der Waals surface area contributed by atoms with E-state index in [1.54, 1.807) is 0 Å². The summed E-state index contributed by atoms with van der Waals surface area (Å²) >= 11 is 11.2. The average molecular weight is 221 g/mol. The number of carbonyl (C=O) groups is 1. The molecule has 0 unspecified atom stereocenters. The van der Waals surface area contributed by atoms with Crippen molar-refractivity contribution in [2.24, 2.45) is 0 Å². The maximum absolute atomic E-state index is 10.4. The van der Waals surface area contributed by atoms with Gasteiger partial charge in [-0.2, -0.15) is 0 Å². The third-order valence-electron chi connectivity index (χ3n) is 1.49. The van der Waals surface area contributed by atoms with Crippen molar-refractivity contribution >= 4 is 29.2 Å². The third-order valence-corrected chi connectivity index (χ3v) is 2.23. The molecule has 2 N–H and O–H groups in total. The van der Waals surface area contributed by atoms with Crippen molar-refractivity contribution in [1.29, 1.82) is 0 Å². The van der Waals surface area contributed by atoms with Crippen LogP contribution in [0.25, 0.3) is 0 Å². The first-order valence-electron chi connectivity index (χ1n) is 3.38. The first kappa shape index (κ1) is 10.3. The van der Waals surface area contributed by atoms with E-state index < -0.39 is 12.1 Å². The quantitative estimate of drug-likeness (QED) is 0.803. The molecule has 1 atom stereocenters. The first-order chi connectivity index (χ1) is 6.02. The van der Waals surface area contributed by atoms with Gasteiger partial charge in [-0.1, -0.05) is 29.3 Å². The van der Waals surface area contributed by atoms with Gasteiger partial charge in [-0.15, -0.1) is 0 Å². The van der Waals surface area contributed by atoms with Crippen LogP contribution in [-0.2, 0) is 4.79 Å². The minimum atomic E-state index is -1.56. The standard InChI is InChI=1S/C8H6Cl2O3/c9-5-2-1-4(3-6(5)10)7(11)8(12)13/h1-3,7,11H,(H,12,13)/t7-/m0/s1. The molecule has 0 aliphatic heterocycles. The molecule has 70 valence electrons. The molecule has 3 nitrogen and oxygen atoms in total. The summed E-state index contributed by atoms with van der Waals surface area (Å²) in [5, 5.41) is 18.1. The molecule has 0 heterocycles. The smallest absolute Gasteiger partial charge is 0.337 e. The first-order valence-corrected chi connectivity index (χ1v) is 4.14. The zero-order valence-electron chi connectivity index (χ0n) is 6.37. The van der Waals surface area contributed by atoms with Crippen LogP contribution in [0.3, 0.4) is 0 Å².